The van der Waals surface area contributed by atoms with Crippen LogP contribution in [-0.4, -0.2) is 40.8 Å². The van der Waals surface area contributed by atoms with Crippen molar-refractivity contribution < 1.29 is 22.7 Å². The molecule has 0 bridgehead atoms. The standard InChI is InChI=1S/C20H26N2O5S/c1-13-8-7-9-17(14(13)2)21-20(23)15(3)22(28(6,24)25)18-12-16(26-4)10-11-19(18)27-5/h7-12,15H,1-6H3,(H,21,23)/t15-/m0/s1. The molecule has 0 unspecified atom stereocenters. The van der Waals surface area contributed by atoms with Crippen molar-refractivity contribution in [2.45, 2.75) is 26.8 Å². The predicted octanol–water partition coefficient (Wildman–Crippen LogP) is 3.11. The number of hydrogen-bond acceptors (Lipinski definition) is 5. The molecule has 2 aromatic carbocycles. The first-order valence-electron chi connectivity index (χ1n) is 8.68. The summed E-state index contributed by atoms with van der Waals surface area (Å²) in [6.45, 7) is 5.37. The van der Waals surface area contributed by atoms with Crippen LogP contribution in [0.3, 0.4) is 0 Å². The molecule has 1 amide bonds. The first-order valence-corrected chi connectivity index (χ1v) is 10.5. The van der Waals surface area contributed by atoms with E-state index in [-0.39, 0.29) is 5.69 Å². The fraction of sp³-hybridized carbons (Fsp3) is 0.350. The second-order valence-electron chi connectivity index (χ2n) is 6.51. The SMILES string of the molecule is COc1ccc(OC)c(N([C@@H](C)C(=O)Nc2cccc(C)c2C)S(C)(=O)=O)c1. The number of carbonyl (C=O) groups excluding carboxylic acids is 1. The van der Waals surface area contributed by atoms with Crippen molar-refractivity contribution in [1.29, 1.82) is 0 Å². The van der Waals surface area contributed by atoms with Crippen LogP contribution in [-0.2, 0) is 14.8 Å². The number of sulfonamides is 1. The topological polar surface area (TPSA) is 84.9 Å². The number of rotatable bonds is 7. The number of anilines is 2. The highest BCUT2D eigenvalue weighted by Gasteiger charge is 2.32. The lowest BCUT2D eigenvalue weighted by Gasteiger charge is -2.29. The van der Waals surface area contributed by atoms with Crippen molar-refractivity contribution in [1.82, 2.24) is 0 Å². The molecule has 0 fully saturated rings. The lowest BCUT2D eigenvalue weighted by molar-refractivity contribution is -0.116. The number of carbonyl (C=O) groups is 1. The van der Waals surface area contributed by atoms with Crippen molar-refractivity contribution in [2.24, 2.45) is 0 Å². The third-order valence-electron chi connectivity index (χ3n) is 4.57. The fourth-order valence-electron chi connectivity index (χ4n) is 2.87. The van der Waals surface area contributed by atoms with Crippen molar-refractivity contribution in [3.8, 4) is 11.5 Å². The molecule has 152 valence electrons. The van der Waals surface area contributed by atoms with Crippen LogP contribution < -0.4 is 19.1 Å². The van der Waals surface area contributed by atoms with E-state index >= 15 is 0 Å². The smallest absolute Gasteiger partial charge is 0.248 e. The Balaban J connectivity index is 2.46. The van der Waals surface area contributed by atoms with Crippen LogP contribution in [0.25, 0.3) is 0 Å². The number of ether oxygens (including phenoxy) is 2. The third kappa shape index (κ3) is 4.56. The monoisotopic (exact) mass is 406 g/mol. The van der Waals surface area contributed by atoms with Gasteiger partial charge >= 0.3 is 0 Å². The Hall–Kier alpha value is -2.74. The van der Waals surface area contributed by atoms with E-state index in [1.54, 1.807) is 18.2 Å². The Labute approximate surface area is 166 Å². The number of aryl methyl sites for hydroxylation is 1. The molecule has 0 saturated carbocycles. The third-order valence-corrected chi connectivity index (χ3v) is 5.80. The molecule has 2 rings (SSSR count). The zero-order valence-corrected chi connectivity index (χ0v) is 17.8. The highest BCUT2D eigenvalue weighted by Crippen LogP contribution is 2.35. The Kier molecular flexibility index (Phi) is 6.56. The molecule has 0 saturated heterocycles. The van der Waals surface area contributed by atoms with Crippen LogP contribution in [0.4, 0.5) is 11.4 Å². The molecule has 7 nitrogen and oxygen atoms in total. The average molecular weight is 407 g/mol. The van der Waals surface area contributed by atoms with Crippen molar-refractivity contribution in [2.75, 3.05) is 30.1 Å². The molecule has 0 aliphatic carbocycles. The number of nitrogens with one attached hydrogen (secondary N) is 1. The normalized spacial score (nSPS) is 12.2. The number of methoxy groups -OCH3 is 2. The summed E-state index contributed by atoms with van der Waals surface area (Å²) in [4.78, 5) is 12.9. The Morgan fingerprint density at radius 2 is 1.79 bits per heavy atom. The minimum Gasteiger partial charge on any atom is -0.497 e. The van der Waals surface area contributed by atoms with Gasteiger partial charge in [0.1, 0.15) is 17.5 Å². The van der Waals surface area contributed by atoms with Crippen molar-refractivity contribution >= 4 is 27.3 Å². The highest BCUT2D eigenvalue weighted by molar-refractivity contribution is 7.92. The summed E-state index contributed by atoms with van der Waals surface area (Å²) in [6.07, 6.45) is 1.05. The molecule has 1 atom stereocenters. The van der Waals surface area contributed by atoms with Gasteiger partial charge in [-0.15, -0.1) is 0 Å². The summed E-state index contributed by atoms with van der Waals surface area (Å²) in [7, 11) is -0.877. The lowest BCUT2D eigenvalue weighted by Crippen LogP contribution is -2.45. The van der Waals surface area contributed by atoms with E-state index < -0.39 is 22.0 Å². The first kappa shape index (κ1) is 21.6. The maximum Gasteiger partial charge on any atom is 0.248 e. The van der Waals surface area contributed by atoms with Crippen LogP contribution in [0.15, 0.2) is 36.4 Å². The van der Waals surface area contributed by atoms with Gasteiger partial charge in [0.05, 0.1) is 26.2 Å². The van der Waals surface area contributed by atoms with Crippen molar-refractivity contribution in [3.05, 3.63) is 47.5 Å². The summed E-state index contributed by atoms with van der Waals surface area (Å²) >= 11 is 0. The van der Waals surface area contributed by atoms with E-state index in [2.05, 4.69) is 5.32 Å². The molecule has 8 heteroatoms. The minimum absolute atomic E-state index is 0.230. The van der Waals surface area contributed by atoms with Gasteiger partial charge in [-0.25, -0.2) is 8.42 Å². The molecule has 0 heterocycles. The molecule has 0 aromatic heterocycles. The van der Waals surface area contributed by atoms with Gasteiger partial charge in [-0.3, -0.25) is 9.10 Å². The molecule has 0 aliphatic rings. The largest absolute Gasteiger partial charge is 0.497 e. The van der Waals surface area contributed by atoms with Gasteiger partial charge < -0.3 is 14.8 Å². The summed E-state index contributed by atoms with van der Waals surface area (Å²) in [5, 5.41) is 2.82. The van der Waals surface area contributed by atoms with Gasteiger partial charge in [-0.05, 0) is 50.1 Å². The predicted molar refractivity (Wildman–Crippen MR) is 111 cm³/mol. The zero-order chi connectivity index (χ0) is 21.1. The van der Waals surface area contributed by atoms with Crippen LogP contribution in [0.2, 0.25) is 0 Å². The highest BCUT2D eigenvalue weighted by atomic mass is 32.2. The van der Waals surface area contributed by atoms with Crippen LogP contribution in [0.5, 0.6) is 11.5 Å². The Morgan fingerprint density at radius 3 is 2.36 bits per heavy atom. The van der Waals surface area contributed by atoms with Gasteiger partial charge in [-0.2, -0.15) is 0 Å². The molecule has 1 N–H and O–H groups in total. The number of hydrogen-bond donors (Lipinski definition) is 1. The molecule has 0 spiro atoms. The maximum absolute atomic E-state index is 12.9. The number of nitrogens with zero attached hydrogens (tertiary/aromatic N) is 1. The summed E-state index contributed by atoms with van der Waals surface area (Å²) in [6, 6.07) is 9.33. The quantitative estimate of drug-likeness (QED) is 0.764. The fourth-order valence-corrected chi connectivity index (χ4v) is 4.04. The molecule has 0 radical (unpaired) electrons. The molecular formula is C20H26N2O5S. The van der Waals surface area contributed by atoms with E-state index in [4.69, 9.17) is 9.47 Å². The lowest BCUT2D eigenvalue weighted by atomic mass is 10.1. The van der Waals surface area contributed by atoms with E-state index in [9.17, 15) is 13.2 Å². The molecule has 2 aromatic rings. The molecular weight excluding hydrogens is 380 g/mol. The van der Waals surface area contributed by atoms with Gasteiger partial charge in [0, 0.05) is 11.8 Å². The first-order chi connectivity index (χ1) is 13.1. The second kappa shape index (κ2) is 8.52. The zero-order valence-electron chi connectivity index (χ0n) is 16.9. The van der Waals surface area contributed by atoms with E-state index in [0.717, 1.165) is 21.7 Å². The van der Waals surface area contributed by atoms with Gasteiger partial charge in [-0.1, -0.05) is 12.1 Å². The number of benzene rings is 2. The van der Waals surface area contributed by atoms with Gasteiger partial charge in [0.25, 0.3) is 0 Å². The van der Waals surface area contributed by atoms with Crippen LogP contribution in [0, 0.1) is 13.8 Å². The van der Waals surface area contributed by atoms with Crippen molar-refractivity contribution in [3.63, 3.8) is 0 Å². The second-order valence-corrected chi connectivity index (χ2v) is 8.37. The Morgan fingerprint density at radius 1 is 1.11 bits per heavy atom. The van der Waals surface area contributed by atoms with Gasteiger partial charge in [0.2, 0.25) is 15.9 Å². The van der Waals surface area contributed by atoms with E-state index in [0.29, 0.717) is 17.2 Å². The molecule has 28 heavy (non-hydrogen) atoms. The van der Waals surface area contributed by atoms with Crippen LogP contribution in [0.1, 0.15) is 18.1 Å². The summed E-state index contributed by atoms with van der Waals surface area (Å²) < 4.78 is 36.7. The Bertz CT molecular complexity index is 973. The maximum atomic E-state index is 12.9. The molecule has 0 aliphatic heterocycles. The van der Waals surface area contributed by atoms with E-state index in [1.807, 2.05) is 26.0 Å². The summed E-state index contributed by atoms with van der Waals surface area (Å²) in [5.74, 6) is 0.313. The minimum atomic E-state index is -3.79. The average Bonchev–Trinajstić information content (AvgIpc) is 2.64. The van der Waals surface area contributed by atoms with E-state index in [1.165, 1.54) is 27.2 Å². The number of amides is 1. The van der Waals surface area contributed by atoms with Crippen LogP contribution >= 0.6 is 0 Å². The summed E-state index contributed by atoms with van der Waals surface area (Å²) in [5.41, 5.74) is 2.82. The van der Waals surface area contributed by atoms with Gasteiger partial charge in [0.15, 0.2) is 0 Å².